The van der Waals surface area contributed by atoms with Gasteiger partial charge in [-0.2, -0.15) is 0 Å². The first kappa shape index (κ1) is 23.0. The molecule has 7 heteroatoms. The first-order valence-electron chi connectivity index (χ1n) is 12.2. The zero-order chi connectivity index (χ0) is 23.9. The minimum absolute atomic E-state index is 0.0799. The summed E-state index contributed by atoms with van der Waals surface area (Å²) >= 11 is 0. The fourth-order valence-electron chi connectivity index (χ4n) is 5.41. The zero-order valence-electron chi connectivity index (χ0n) is 20.1. The van der Waals surface area contributed by atoms with Crippen LogP contribution in [-0.4, -0.2) is 49.9 Å². The highest BCUT2D eigenvalue weighted by molar-refractivity contribution is 5.71. The van der Waals surface area contributed by atoms with E-state index < -0.39 is 17.6 Å². The van der Waals surface area contributed by atoms with Crippen molar-refractivity contribution in [3.05, 3.63) is 47.8 Å². The molecule has 0 aromatic heterocycles. The van der Waals surface area contributed by atoms with E-state index in [2.05, 4.69) is 10.2 Å². The van der Waals surface area contributed by atoms with Crippen LogP contribution in [-0.2, 0) is 4.74 Å². The summed E-state index contributed by atoms with van der Waals surface area (Å²) in [5.41, 5.74) is 1.40. The number of halogens is 1. The maximum Gasteiger partial charge on any atom is 0.407 e. The molecule has 0 spiro atoms. The number of ether oxygens (including phenoxy) is 3. The van der Waals surface area contributed by atoms with Gasteiger partial charge >= 0.3 is 6.09 Å². The SMILES string of the molecule is CCOc1ccc(-c2cc3c(cc2F)C(NC(=O)O[C@@H]2CN4CCC2CC4)C(C)(C)CO3)cc1. The van der Waals surface area contributed by atoms with Crippen molar-refractivity contribution in [2.45, 2.75) is 45.8 Å². The Kier molecular flexibility index (Phi) is 6.15. The van der Waals surface area contributed by atoms with Gasteiger partial charge in [0.25, 0.3) is 0 Å². The number of amides is 1. The average Bonchev–Trinajstić information content (AvgIpc) is 2.82. The second-order valence-corrected chi connectivity index (χ2v) is 10.3. The van der Waals surface area contributed by atoms with Crippen LogP contribution in [0.2, 0.25) is 0 Å². The molecule has 0 saturated carbocycles. The Morgan fingerprint density at radius 1 is 1.21 bits per heavy atom. The van der Waals surface area contributed by atoms with Crippen LogP contribution in [0.15, 0.2) is 36.4 Å². The lowest BCUT2D eigenvalue weighted by Crippen LogP contribution is -2.53. The highest BCUT2D eigenvalue weighted by Gasteiger charge is 2.41. The van der Waals surface area contributed by atoms with E-state index in [9.17, 15) is 4.79 Å². The fourth-order valence-corrected chi connectivity index (χ4v) is 5.41. The molecule has 2 aromatic carbocycles. The van der Waals surface area contributed by atoms with Gasteiger partial charge in [-0.1, -0.05) is 26.0 Å². The van der Waals surface area contributed by atoms with Gasteiger partial charge in [0, 0.05) is 23.1 Å². The number of carbonyl (C=O) groups is 1. The summed E-state index contributed by atoms with van der Waals surface area (Å²) < 4.78 is 32.7. The van der Waals surface area contributed by atoms with E-state index in [-0.39, 0.29) is 11.9 Å². The highest BCUT2D eigenvalue weighted by atomic mass is 19.1. The van der Waals surface area contributed by atoms with Gasteiger partial charge in [-0.05, 0) is 68.6 Å². The summed E-state index contributed by atoms with van der Waals surface area (Å²) in [4.78, 5) is 15.3. The Morgan fingerprint density at radius 2 is 1.94 bits per heavy atom. The van der Waals surface area contributed by atoms with Gasteiger partial charge in [0.15, 0.2) is 0 Å². The molecular weight excluding hydrogens is 435 g/mol. The minimum Gasteiger partial charge on any atom is -0.494 e. The van der Waals surface area contributed by atoms with E-state index in [0.29, 0.717) is 36.0 Å². The first-order valence-corrected chi connectivity index (χ1v) is 12.2. The van der Waals surface area contributed by atoms with Crippen molar-refractivity contribution in [1.82, 2.24) is 10.2 Å². The van der Waals surface area contributed by atoms with Crippen molar-refractivity contribution in [3.63, 3.8) is 0 Å². The lowest BCUT2D eigenvalue weighted by molar-refractivity contribution is -0.0361. The van der Waals surface area contributed by atoms with Crippen molar-refractivity contribution >= 4 is 6.09 Å². The molecule has 6 rings (SSSR count). The van der Waals surface area contributed by atoms with Gasteiger partial charge < -0.3 is 19.5 Å². The normalized spacial score (nSPS) is 26.8. The predicted octanol–water partition coefficient (Wildman–Crippen LogP) is 5.17. The number of nitrogens with one attached hydrogen (secondary N) is 1. The summed E-state index contributed by atoms with van der Waals surface area (Å²) in [7, 11) is 0. The lowest BCUT2D eigenvalue weighted by Gasteiger charge is -2.44. The molecule has 1 unspecified atom stereocenters. The maximum atomic E-state index is 15.3. The average molecular weight is 469 g/mol. The molecule has 4 aliphatic heterocycles. The Morgan fingerprint density at radius 3 is 2.59 bits per heavy atom. The molecule has 3 saturated heterocycles. The molecule has 4 aliphatic rings. The second-order valence-electron chi connectivity index (χ2n) is 10.3. The van der Waals surface area contributed by atoms with E-state index in [4.69, 9.17) is 14.2 Å². The van der Waals surface area contributed by atoms with Gasteiger partial charge in [0.1, 0.15) is 23.4 Å². The minimum atomic E-state index is -0.444. The summed E-state index contributed by atoms with van der Waals surface area (Å²) in [5.74, 6) is 1.40. The van der Waals surface area contributed by atoms with E-state index in [1.807, 2.05) is 45.0 Å². The summed E-state index contributed by atoms with van der Waals surface area (Å²) in [5, 5.41) is 3.04. The Balaban J connectivity index is 1.36. The molecular formula is C27H33FN2O4. The Bertz CT molecular complexity index is 1050. The zero-order valence-corrected chi connectivity index (χ0v) is 20.1. The van der Waals surface area contributed by atoms with Crippen LogP contribution in [0.3, 0.4) is 0 Å². The van der Waals surface area contributed by atoms with Crippen molar-refractivity contribution in [2.75, 3.05) is 32.8 Å². The van der Waals surface area contributed by atoms with Crippen LogP contribution in [0, 0.1) is 17.2 Å². The van der Waals surface area contributed by atoms with Crippen LogP contribution >= 0.6 is 0 Å². The number of alkyl carbamates (subject to hydrolysis) is 1. The predicted molar refractivity (Wildman–Crippen MR) is 128 cm³/mol. The van der Waals surface area contributed by atoms with Gasteiger partial charge in [-0.15, -0.1) is 0 Å². The van der Waals surface area contributed by atoms with E-state index in [0.717, 1.165) is 43.8 Å². The van der Waals surface area contributed by atoms with Crippen LogP contribution in [0.4, 0.5) is 9.18 Å². The molecule has 182 valence electrons. The second kappa shape index (κ2) is 9.10. The largest absolute Gasteiger partial charge is 0.494 e. The standard InChI is InChI=1S/C27H33FN2O4/c1-4-32-19-7-5-17(6-8-19)20-14-23-21(13-22(20)28)25(27(2,3)16-33-23)29-26(31)34-24-15-30-11-9-18(24)10-12-30/h5-8,13-14,18,24-25H,4,9-12,15-16H2,1-3H3,(H,29,31)/t24-,25?/m1/s1. The summed E-state index contributed by atoms with van der Waals surface area (Å²) in [6.07, 6.45) is 1.62. The van der Waals surface area contributed by atoms with Crippen molar-refractivity contribution in [2.24, 2.45) is 11.3 Å². The van der Waals surface area contributed by atoms with Crippen LogP contribution < -0.4 is 14.8 Å². The number of fused-ring (bicyclic) bond motifs is 4. The third-order valence-electron chi connectivity index (χ3n) is 7.38. The molecule has 6 nitrogen and oxygen atoms in total. The molecule has 1 N–H and O–H groups in total. The number of rotatable bonds is 5. The molecule has 2 atom stereocenters. The van der Waals surface area contributed by atoms with Crippen molar-refractivity contribution in [3.8, 4) is 22.6 Å². The summed E-state index contributed by atoms with van der Waals surface area (Å²) in [6, 6.07) is 10.1. The fraction of sp³-hybridized carbons (Fsp3) is 0.519. The number of hydrogen-bond donors (Lipinski definition) is 1. The molecule has 2 aromatic rings. The Labute approximate surface area is 200 Å². The number of benzene rings is 2. The highest BCUT2D eigenvalue weighted by Crippen LogP contribution is 2.45. The number of piperidine rings is 3. The van der Waals surface area contributed by atoms with Gasteiger partial charge in [0.2, 0.25) is 0 Å². The van der Waals surface area contributed by atoms with E-state index >= 15 is 4.39 Å². The first-order chi connectivity index (χ1) is 16.3. The Hall–Kier alpha value is -2.80. The number of hydrogen-bond acceptors (Lipinski definition) is 5. The molecule has 34 heavy (non-hydrogen) atoms. The van der Waals surface area contributed by atoms with E-state index in [1.54, 1.807) is 6.07 Å². The number of carbonyl (C=O) groups excluding carboxylic acids is 1. The van der Waals surface area contributed by atoms with Crippen LogP contribution in [0.1, 0.15) is 45.2 Å². The molecule has 4 heterocycles. The third-order valence-corrected chi connectivity index (χ3v) is 7.38. The van der Waals surface area contributed by atoms with Gasteiger partial charge in [0.05, 0.1) is 19.3 Å². The maximum absolute atomic E-state index is 15.3. The molecule has 3 fully saturated rings. The summed E-state index contributed by atoms with van der Waals surface area (Å²) in [6.45, 7) is 9.89. The quantitative estimate of drug-likeness (QED) is 0.656. The van der Waals surface area contributed by atoms with E-state index in [1.165, 1.54) is 6.07 Å². The topological polar surface area (TPSA) is 60.0 Å². The van der Waals surface area contributed by atoms with Crippen LogP contribution in [0.5, 0.6) is 11.5 Å². The monoisotopic (exact) mass is 468 g/mol. The molecule has 0 radical (unpaired) electrons. The van der Waals surface area contributed by atoms with Crippen LogP contribution in [0.25, 0.3) is 11.1 Å². The van der Waals surface area contributed by atoms with Crippen molar-refractivity contribution < 1.29 is 23.4 Å². The molecule has 0 aliphatic carbocycles. The van der Waals surface area contributed by atoms with Gasteiger partial charge in [-0.3, -0.25) is 4.90 Å². The van der Waals surface area contributed by atoms with Gasteiger partial charge in [-0.25, -0.2) is 9.18 Å². The lowest BCUT2D eigenvalue weighted by atomic mass is 9.78. The molecule has 1 amide bonds. The smallest absolute Gasteiger partial charge is 0.407 e. The third kappa shape index (κ3) is 4.45. The molecule has 2 bridgehead atoms. The number of nitrogens with zero attached hydrogens (tertiary/aromatic N) is 1. The van der Waals surface area contributed by atoms with Crippen molar-refractivity contribution in [1.29, 1.82) is 0 Å².